The monoisotopic (exact) mass is 183 g/mol. The summed E-state index contributed by atoms with van der Waals surface area (Å²) in [5.41, 5.74) is 1.99. The molecule has 0 spiro atoms. The molecular weight excluding hydrogens is 170 g/mol. The first kappa shape index (κ1) is 9.42. The third-order valence-electron chi connectivity index (χ3n) is 1.65. The Bertz CT molecular complexity index is 272. The fourth-order valence-corrected chi connectivity index (χ4v) is 1.49. The van der Waals surface area contributed by atoms with Crippen LogP contribution in [0, 0.1) is 6.92 Å². The van der Waals surface area contributed by atoms with Crippen molar-refractivity contribution < 1.29 is 5.11 Å². The lowest BCUT2D eigenvalue weighted by atomic mass is 10.2. The first-order valence-corrected chi connectivity index (χ1v) is 4.86. The predicted octanol–water partition coefficient (Wildman–Crippen LogP) is 2.24. The number of thiazole rings is 1. The Hall–Kier alpha value is -0.670. The van der Waals surface area contributed by atoms with E-state index in [1.165, 1.54) is 0 Å². The van der Waals surface area contributed by atoms with Crippen LogP contribution in [0.25, 0.3) is 6.08 Å². The van der Waals surface area contributed by atoms with E-state index in [4.69, 9.17) is 5.11 Å². The van der Waals surface area contributed by atoms with Gasteiger partial charge in [-0.05, 0) is 25.0 Å². The van der Waals surface area contributed by atoms with Crippen LogP contribution >= 0.6 is 11.3 Å². The van der Waals surface area contributed by atoms with E-state index in [-0.39, 0.29) is 6.61 Å². The van der Waals surface area contributed by atoms with Crippen molar-refractivity contribution in [3.05, 3.63) is 21.7 Å². The molecule has 66 valence electrons. The lowest BCUT2D eigenvalue weighted by Crippen LogP contribution is -1.87. The second-order valence-corrected chi connectivity index (χ2v) is 3.67. The van der Waals surface area contributed by atoms with Crippen molar-refractivity contribution in [1.29, 1.82) is 0 Å². The SMILES string of the molecule is CC/C(=C\c1csc(C)n1)CO. The van der Waals surface area contributed by atoms with Gasteiger partial charge < -0.3 is 5.11 Å². The van der Waals surface area contributed by atoms with E-state index in [0.717, 1.165) is 22.7 Å². The number of aliphatic hydroxyl groups excluding tert-OH is 1. The van der Waals surface area contributed by atoms with Crippen molar-refractivity contribution in [3.8, 4) is 0 Å². The van der Waals surface area contributed by atoms with Crippen molar-refractivity contribution in [2.75, 3.05) is 6.61 Å². The lowest BCUT2D eigenvalue weighted by molar-refractivity contribution is 0.329. The van der Waals surface area contributed by atoms with Gasteiger partial charge in [-0.3, -0.25) is 0 Å². The average molecular weight is 183 g/mol. The molecule has 0 fully saturated rings. The predicted molar refractivity (Wildman–Crippen MR) is 52.2 cm³/mol. The Balaban J connectivity index is 2.78. The molecule has 0 atom stereocenters. The summed E-state index contributed by atoms with van der Waals surface area (Å²) in [6.07, 6.45) is 2.83. The fraction of sp³-hybridized carbons (Fsp3) is 0.444. The highest BCUT2D eigenvalue weighted by molar-refractivity contribution is 7.09. The zero-order valence-corrected chi connectivity index (χ0v) is 8.19. The van der Waals surface area contributed by atoms with Gasteiger partial charge in [0.25, 0.3) is 0 Å². The normalized spacial score (nSPS) is 12.1. The largest absolute Gasteiger partial charge is 0.392 e. The van der Waals surface area contributed by atoms with Gasteiger partial charge in [0.05, 0.1) is 17.3 Å². The van der Waals surface area contributed by atoms with Gasteiger partial charge in [-0.1, -0.05) is 6.92 Å². The third-order valence-corrected chi connectivity index (χ3v) is 2.44. The highest BCUT2D eigenvalue weighted by atomic mass is 32.1. The number of aromatic nitrogens is 1. The molecule has 12 heavy (non-hydrogen) atoms. The summed E-state index contributed by atoms with van der Waals surface area (Å²) in [6.45, 7) is 4.14. The highest BCUT2D eigenvalue weighted by Crippen LogP contribution is 2.12. The van der Waals surface area contributed by atoms with Crippen LogP contribution in [0.2, 0.25) is 0 Å². The summed E-state index contributed by atoms with van der Waals surface area (Å²) in [5.74, 6) is 0. The zero-order chi connectivity index (χ0) is 8.97. The second kappa shape index (κ2) is 4.38. The van der Waals surface area contributed by atoms with E-state index >= 15 is 0 Å². The Morgan fingerprint density at radius 3 is 2.92 bits per heavy atom. The lowest BCUT2D eigenvalue weighted by Gasteiger charge is -1.95. The van der Waals surface area contributed by atoms with E-state index in [9.17, 15) is 0 Å². The van der Waals surface area contributed by atoms with Gasteiger partial charge in [-0.15, -0.1) is 11.3 Å². The summed E-state index contributed by atoms with van der Waals surface area (Å²) < 4.78 is 0. The highest BCUT2D eigenvalue weighted by Gasteiger charge is 1.96. The molecule has 0 unspecified atom stereocenters. The van der Waals surface area contributed by atoms with Crippen LogP contribution in [0.4, 0.5) is 0 Å². The summed E-state index contributed by atoms with van der Waals surface area (Å²) in [7, 11) is 0. The van der Waals surface area contributed by atoms with Gasteiger partial charge in [0.2, 0.25) is 0 Å². The molecule has 3 heteroatoms. The minimum absolute atomic E-state index is 0.132. The summed E-state index contributed by atoms with van der Waals surface area (Å²) >= 11 is 1.63. The third kappa shape index (κ3) is 2.43. The van der Waals surface area contributed by atoms with Gasteiger partial charge in [-0.25, -0.2) is 4.98 Å². The molecule has 1 aromatic heterocycles. The molecule has 0 aliphatic heterocycles. The van der Waals surface area contributed by atoms with Gasteiger partial charge in [0.15, 0.2) is 0 Å². The van der Waals surface area contributed by atoms with E-state index in [2.05, 4.69) is 4.98 Å². The van der Waals surface area contributed by atoms with Crippen molar-refractivity contribution in [3.63, 3.8) is 0 Å². The van der Waals surface area contributed by atoms with Crippen LogP contribution < -0.4 is 0 Å². The molecular formula is C9H13NOS. The Morgan fingerprint density at radius 2 is 2.50 bits per heavy atom. The molecule has 1 rings (SSSR count). The van der Waals surface area contributed by atoms with Gasteiger partial charge in [0, 0.05) is 5.38 Å². The van der Waals surface area contributed by atoms with Crippen molar-refractivity contribution in [2.45, 2.75) is 20.3 Å². The number of hydrogen-bond donors (Lipinski definition) is 1. The Kier molecular flexibility index (Phi) is 3.44. The van der Waals surface area contributed by atoms with Gasteiger partial charge >= 0.3 is 0 Å². The van der Waals surface area contributed by atoms with Crippen molar-refractivity contribution in [1.82, 2.24) is 4.98 Å². The van der Waals surface area contributed by atoms with Gasteiger partial charge in [-0.2, -0.15) is 0 Å². The van der Waals surface area contributed by atoms with E-state index < -0.39 is 0 Å². The van der Waals surface area contributed by atoms with E-state index in [1.807, 2.05) is 25.3 Å². The molecule has 0 bridgehead atoms. The Labute approximate surface area is 76.6 Å². The molecule has 0 aliphatic rings. The maximum atomic E-state index is 8.90. The van der Waals surface area contributed by atoms with Crippen LogP contribution in [0.3, 0.4) is 0 Å². The molecule has 1 aromatic rings. The first-order valence-electron chi connectivity index (χ1n) is 3.98. The fourth-order valence-electron chi connectivity index (χ4n) is 0.915. The number of hydrogen-bond acceptors (Lipinski definition) is 3. The topological polar surface area (TPSA) is 33.1 Å². The van der Waals surface area contributed by atoms with Crippen LogP contribution in [0.1, 0.15) is 24.0 Å². The number of aliphatic hydroxyl groups is 1. The summed E-state index contributed by atoms with van der Waals surface area (Å²) in [4.78, 5) is 4.28. The van der Waals surface area contributed by atoms with E-state index in [0.29, 0.717) is 0 Å². The smallest absolute Gasteiger partial charge is 0.0901 e. The van der Waals surface area contributed by atoms with Gasteiger partial charge in [0.1, 0.15) is 0 Å². The minimum Gasteiger partial charge on any atom is -0.392 e. The average Bonchev–Trinajstić information content (AvgIpc) is 2.47. The molecule has 0 saturated carbocycles. The molecule has 0 aliphatic carbocycles. The maximum absolute atomic E-state index is 8.90. The number of aryl methyl sites for hydroxylation is 1. The van der Waals surface area contributed by atoms with E-state index in [1.54, 1.807) is 11.3 Å². The van der Waals surface area contributed by atoms with Crippen LogP contribution in [0.15, 0.2) is 11.0 Å². The molecule has 2 nitrogen and oxygen atoms in total. The quantitative estimate of drug-likeness (QED) is 0.779. The molecule has 1 N–H and O–H groups in total. The first-order chi connectivity index (χ1) is 5.76. The van der Waals surface area contributed by atoms with Crippen LogP contribution in [-0.2, 0) is 0 Å². The number of rotatable bonds is 3. The van der Waals surface area contributed by atoms with Crippen LogP contribution in [-0.4, -0.2) is 16.7 Å². The number of nitrogens with zero attached hydrogens (tertiary/aromatic N) is 1. The minimum atomic E-state index is 0.132. The standard InChI is InChI=1S/C9H13NOS/c1-3-8(5-11)4-9-6-12-7(2)10-9/h4,6,11H,3,5H2,1-2H3/b8-4+. The maximum Gasteiger partial charge on any atom is 0.0901 e. The Morgan fingerprint density at radius 1 is 1.75 bits per heavy atom. The molecule has 0 amide bonds. The molecule has 0 radical (unpaired) electrons. The molecule has 0 aromatic carbocycles. The van der Waals surface area contributed by atoms with Crippen LogP contribution in [0.5, 0.6) is 0 Å². The summed E-state index contributed by atoms with van der Waals surface area (Å²) in [6, 6.07) is 0. The van der Waals surface area contributed by atoms with Crippen molar-refractivity contribution in [2.24, 2.45) is 0 Å². The van der Waals surface area contributed by atoms with Crippen molar-refractivity contribution >= 4 is 17.4 Å². The summed E-state index contributed by atoms with van der Waals surface area (Å²) in [5, 5.41) is 12.0. The molecule has 0 saturated heterocycles. The second-order valence-electron chi connectivity index (χ2n) is 2.61. The molecule has 1 heterocycles. The zero-order valence-electron chi connectivity index (χ0n) is 7.37.